The van der Waals surface area contributed by atoms with Gasteiger partial charge in [-0.2, -0.15) is 0 Å². The van der Waals surface area contributed by atoms with Gasteiger partial charge in [-0.05, 0) is 69.1 Å². The fourth-order valence-corrected chi connectivity index (χ4v) is 3.40. The van der Waals surface area contributed by atoms with E-state index in [1.54, 1.807) is 23.9 Å². The largest absolute Gasteiger partial charge is 0.372 e. The van der Waals surface area contributed by atoms with Crippen molar-refractivity contribution in [1.82, 2.24) is 15.8 Å². The van der Waals surface area contributed by atoms with Gasteiger partial charge in [0.15, 0.2) is 0 Å². The molecule has 0 unspecified atom stereocenters. The molecule has 0 aliphatic rings. The summed E-state index contributed by atoms with van der Waals surface area (Å²) < 4.78 is 0. The van der Waals surface area contributed by atoms with Crippen LogP contribution in [0.3, 0.4) is 0 Å². The van der Waals surface area contributed by atoms with E-state index in [1.165, 1.54) is 4.90 Å². The predicted octanol–water partition coefficient (Wildman–Crippen LogP) is 3.15. The van der Waals surface area contributed by atoms with E-state index in [2.05, 4.69) is 53.9 Å². The number of hydrogen-bond donors (Lipinski definition) is 2. The van der Waals surface area contributed by atoms with Gasteiger partial charge in [0.1, 0.15) is 0 Å². The van der Waals surface area contributed by atoms with Crippen LogP contribution in [0.5, 0.6) is 0 Å². The van der Waals surface area contributed by atoms with E-state index < -0.39 is 0 Å². The quantitative estimate of drug-likeness (QED) is 0.487. The maximum Gasteiger partial charge on any atom is 0.269 e. The molecule has 0 aliphatic carbocycles. The first kappa shape index (κ1) is 22.8. The van der Waals surface area contributed by atoms with E-state index in [-0.39, 0.29) is 18.4 Å². The molecule has 2 aromatic rings. The van der Waals surface area contributed by atoms with Gasteiger partial charge in [-0.25, -0.2) is 0 Å². The molecule has 0 saturated heterocycles. The average molecular weight is 415 g/mol. The van der Waals surface area contributed by atoms with Crippen LogP contribution in [0.1, 0.15) is 29.8 Å². The Kier molecular flexibility index (Phi) is 9.02. The summed E-state index contributed by atoms with van der Waals surface area (Å²) in [5.74, 6) is -0.596. The number of amides is 2. The maximum atomic E-state index is 12.3. The predicted molar refractivity (Wildman–Crippen MR) is 120 cm³/mol. The maximum absolute atomic E-state index is 12.3. The first-order valence-corrected chi connectivity index (χ1v) is 10.9. The second kappa shape index (κ2) is 11.5. The first-order chi connectivity index (χ1) is 14.0. The molecule has 2 aromatic carbocycles. The van der Waals surface area contributed by atoms with Gasteiger partial charge in [-0.1, -0.05) is 12.1 Å². The van der Waals surface area contributed by atoms with Crippen LogP contribution in [0.25, 0.3) is 0 Å². The highest BCUT2D eigenvalue weighted by Crippen LogP contribution is 2.16. The number of nitrogens with one attached hydrogen (secondary N) is 2. The smallest absolute Gasteiger partial charge is 0.269 e. The number of carbonyl (C=O) groups excluding carboxylic acids is 2. The molecule has 0 atom stereocenters. The molecule has 0 bridgehead atoms. The van der Waals surface area contributed by atoms with Gasteiger partial charge < -0.3 is 4.90 Å². The third-order valence-corrected chi connectivity index (χ3v) is 5.34. The Morgan fingerprint density at radius 2 is 1.55 bits per heavy atom. The molecule has 0 fully saturated rings. The molecule has 2 N–H and O–H groups in total. The summed E-state index contributed by atoms with van der Waals surface area (Å²) in [7, 11) is 1.87. The number of rotatable bonds is 9. The minimum absolute atomic E-state index is 0.186. The van der Waals surface area contributed by atoms with Crippen LogP contribution in [0.2, 0.25) is 0 Å². The zero-order valence-corrected chi connectivity index (χ0v) is 18.4. The van der Waals surface area contributed by atoms with Crippen molar-refractivity contribution in [2.24, 2.45) is 0 Å². The Morgan fingerprint density at radius 3 is 2.10 bits per heavy atom. The van der Waals surface area contributed by atoms with Gasteiger partial charge in [0.05, 0.1) is 6.54 Å². The standard InChI is InChI=1S/C22H30N4O2S/c1-5-26(6-2)19-11-9-18(10-12-19)22(28)24-23-21(27)16-25(3)15-17-7-13-20(29-4)14-8-17/h7-14H,5-6,15-16H2,1-4H3,(H,23,27)(H,24,28). The van der Waals surface area contributed by atoms with Gasteiger partial charge in [-0.15, -0.1) is 11.8 Å². The molecule has 2 rings (SSSR count). The molecule has 0 heterocycles. The van der Waals surface area contributed by atoms with Crippen LogP contribution in [0.4, 0.5) is 5.69 Å². The second-order valence-electron chi connectivity index (χ2n) is 6.74. The lowest BCUT2D eigenvalue weighted by atomic mass is 10.2. The van der Waals surface area contributed by atoms with Gasteiger partial charge >= 0.3 is 0 Å². The third kappa shape index (κ3) is 7.11. The minimum atomic E-state index is -0.334. The lowest BCUT2D eigenvalue weighted by molar-refractivity contribution is -0.122. The van der Waals surface area contributed by atoms with Crippen LogP contribution in [0.15, 0.2) is 53.4 Å². The summed E-state index contributed by atoms with van der Waals surface area (Å²) in [6.07, 6.45) is 2.04. The second-order valence-corrected chi connectivity index (χ2v) is 7.62. The first-order valence-electron chi connectivity index (χ1n) is 9.72. The number of hydrazine groups is 1. The van der Waals surface area contributed by atoms with E-state index in [4.69, 9.17) is 0 Å². The highest BCUT2D eigenvalue weighted by atomic mass is 32.2. The topological polar surface area (TPSA) is 64.7 Å². The number of likely N-dealkylation sites (N-methyl/N-ethyl adjacent to an activating group) is 1. The molecule has 0 aliphatic heterocycles. The van der Waals surface area contributed by atoms with Crippen LogP contribution in [0, 0.1) is 0 Å². The number of thioether (sulfide) groups is 1. The van der Waals surface area contributed by atoms with Crippen molar-refractivity contribution in [2.45, 2.75) is 25.3 Å². The van der Waals surface area contributed by atoms with Crippen LogP contribution >= 0.6 is 11.8 Å². The van der Waals surface area contributed by atoms with E-state index >= 15 is 0 Å². The zero-order chi connectivity index (χ0) is 21.2. The van der Waals surface area contributed by atoms with E-state index in [9.17, 15) is 9.59 Å². The Balaban J connectivity index is 1.79. The summed E-state index contributed by atoms with van der Waals surface area (Å²) in [5.41, 5.74) is 7.67. The average Bonchev–Trinajstić information content (AvgIpc) is 2.74. The Bertz CT molecular complexity index is 789. The number of anilines is 1. The molecule has 6 nitrogen and oxygen atoms in total. The molecular formula is C22H30N4O2S. The zero-order valence-electron chi connectivity index (χ0n) is 17.6. The van der Waals surface area contributed by atoms with Crippen LogP contribution in [-0.2, 0) is 11.3 Å². The van der Waals surface area contributed by atoms with Crippen molar-refractivity contribution < 1.29 is 9.59 Å². The summed E-state index contributed by atoms with van der Waals surface area (Å²) >= 11 is 1.70. The van der Waals surface area contributed by atoms with E-state index in [0.29, 0.717) is 12.1 Å². The van der Waals surface area contributed by atoms with Crippen LogP contribution < -0.4 is 15.8 Å². The third-order valence-electron chi connectivity index (χ3n) is 4.60. The fourth-order valence-electron chi connectivity index (χ4n) is 2.99. The summed E-state index contributed by atoms with van der Waals surface area (Å²) in [5, 5.41) is 0. The van der Waals surface area contributed by atoms with Crippen molar-refractivity contribution in [3.05, 3.63) is 59.7 Å². The monoisotopic (exact) mass is 414 g/mol. The normalized spacial score (nSPS) is 10.7. The van der Waals surface area contributed by atoms with Crippen molar-refractivity contribution >= 4 is 29.3 Å². The SMILES string of the molecule is CCN(CC)c1ccc(C(=O)NNC(=O)CN(C)Cc2ccc(SC)cc2)cc1. The van der Waals surface area contributed by atoms with Gasteiger partial charge in [-0.3, -0.25) is 25.3 Å². The molecule has 0 radical (unpaired) electrons. The summed E-state index contributed by atoms with van der Waals surface area (Å²) in [6.45, 7) is 6.85. The molecule has 0 aromatic heterocycles. The highest BCUT2D eigenvalue weighted by Gasteiger charge is 2.11. The number of hydrogen-bond acceptors (Lipinski definition) is 5. The van der Waals surface area contributed by atoms with E-state index in [0.717, 1.165) is 24.3 Å². The molecule has 0 spiro atoms. The van der Waals surface area contributed by atoms with Crippen molar-refractivity contribution in [2.75, 3.05) is 37.8 Å². The number of nitrogens with zero attached hydrogens (tertiary/aromatic N) is 2. The van der Waals surface area contributed by atoms with Gasteiger partial charge in [0.25, 0.3) is 11.8 Å². The highest BCUT2D eigenvalue weighted by molar-refractivity contribution is 7.98. The Hall–Kier alpha value is -2.51. The lowest BCUT2D eigenvalue weighted by Gasteiger charge is -2.21. The van der Waals surface area contributed by atoms with Crippen LogP contribution in [-0.4, -0.2) is 49.7 Å². The van der Waals surface area contributed by atoms with Crippen molar-refractivity contribution in [1.29, 1.82) is 0 Å². The van der Waals surface area contributed by atoms with Gasteiger partial charge in [0.2, 0.25) is 0 Å². The molecule has 7 heteroatoms. The molecule has 0 saturated carbocycles. The van der Waals surface area contributed by atoms with Crippen molar-refractivity contribution in [3.8, 4) is 0 Å². The fraction of sp³-hybridized carbons (Fsp3) is 0.364. The number of benzene rings is 2. The Labute approximate surface area is 177 Å². The van der Waals surface area contributed by atoms with Crippen molar-refractivity contribution in [3.63, 3.8) is 0 Å². The molecule has 2 amide bonds. The Morgan fingerprint density at radius 1 is 0.931 bits per heavy atom. The number of carbonyl (C=O) groups is 2. The molecule has 29 heavy (non-hydrogen) atoms. The summed E-state index contributed by atoms with van der Waals surface area (Å²) in [6, 6.07) is 15.6. The minimum Gasteiger partial charge on any atom is -0.372 e. The lowest BCUT2D eigenvalue weighted by Crippen LogP contribution is -2.45. The summed E-state index contributed by atoms with van der Waals surface area (Å²) in [4.78, 5) is 29.7. The molecular weight excluding hydrogens is 384 g/mol. The van der Waals surface area contributed by atoms with E-state index in [1.807, 2.05) is 30.3 Å². The molecule has 156 valence electrons. The van der Waals surface area contributed by atoms with Gasteiger partial charge in [0, 0.05) is 35.8 Å².